The van der Waals surface area contributed by atoms with E-state index in [9.17, 15) is 9.59 Å². The van der Waals surface area contributed by atoms with Gasteiger partial charge in [-0.25, -0.2) is 0 Å². The average Bonchev–Trinajstić information content (AvgIpc) is 2.25. The summed E-state index contributed by atoms with van der Waals surface area (Å²) < 4.78 is 0. The van der Waals surface area contributed by atoms with Crippen molar-refractivity contribution in [2.75, 3.05) is 0 Å². The molecule has 1 heterocycles. The summed E-state index contributed by atoms with van der Waals surface area (Å²) in [5.74, 6) is -1.01. The van der Waals surface area contributed by atoms with Crippen molar-refractivity contribution >= 4 is 21.2 Å². The summed E-state index contributed by atoms with van der Waals surface area (Å²) in [7, 11) is 1.92. The summed E-state index contributed by atoms with van der Waals surface area (Å²) in [6, 6.07) is 0. The third kappa shape index (κ3) is 2.02. The Bertz CT molecular complexity index is 133. The van der Waals surface area contributed by atoms with Crippen LogP contribution in [0.4, 0.5) is 0 Å². The molecule has 5 nitrogen and oxygen atoms in total. The first-order valence-corrected chi connectivity index (χ1v) is 3.26. The smallest absolute Gasteiger partial charge is 0.253 e. The number of carbonyl (C=O) groups excluding carboxylic acids is 2. The minimum atomic E-state index is -0.505. The fourth-order valence-corrected chi connectivity index (χ4v) is 0.565. The zero-order chi connectivity index (χ0) is 8.15. The third-order valence-corrected chi connectivity index (χ3v) is 1.03. The van der Waals surface area contributed by atoms with E-state index in [1.165, 1.54) is 0 Å². The SMILES string of the molecule is NP.O=C1CCC(=O)N1O. The van der Waals surface area contributed by atoms with Crippen molar-refractivity contribution in [2.45, 2.75) is 12.8 Å². The number of imide groups is 1. The Kier molecular flexibility index (Phi) is 4.11. The fraction of sp³-hybridized carbons (Fsp3) is 0.500. The van der Waals surface area contributed by atoms with Crippen molar-refractivity contribution in [3.05, 3.63) is 0 Å². The molecule has 1 aliphatic heterocycles. The van der Waals surface area contributed by atoms with Crippen molar-refractivity contribution in [3.8, 4) is 0 Å². The molecule has 58 valence electrons. The lowest BCUT2D eigenvalue weighted by Crippen LogP contribution is -2.24. The number of rotatable bonds is 0. The van der Waals surface area contributed by atoms with E-state index in [2.05, 4.69) is 5.50 Å². The number of hydrogen-bond donors (Lipinski definition) is 2. The molecule has 10 heavy (non-hydrogen) atoms. The zero-order valence-electron chi connectivity index (χ0n) is 5.28. The Hall–Kier alpha value is -0.510. The summed E-state index contributed by atoms with van der Waals surface area (Å²) in [5, 5.41) is 8.57. The van der Waals surface area contributed by atoms with E-state index in [0.29, 0.717) is 0 Å². The highest BCUT2D eigenvalue weighted by atomic mass is 31.0. The molecule has 6 heteroatoms. The van der Waals surface area contributed by atoms with Gasteiger partial charge < -0.3 is 5.50 Å². The summed E-state index contributed by atoms with van der Waals surface area (Å²) >= 11 is 0. The van der Waals surface area contributed by atoms with Crippen LogP contribution in [0, 0.1) is 0 Å². The van der Waals surface area contributed by atoms with E-state index in [1.807, 2.05) is 9.39 Å². The van der Waals surface area contributed by atoms with Crippen LogP contribution in [0.2, 0.25) is 0 Å². The van der Waals surface area contributed by atoms with Crippen LogP contribution in [0.5, 0.6) is 0 Å². The lowest BCUT2D eigenvalue weighted by Gasteiger charge is -1.98. The van der Waals surface area contributed by atoms with Crippen LogP contribution < -0.4 is 5.50 Å². The van der Waals surface area contributed by atoms with Gasteiger partial charge in [0.2, 0.25) is 0 Å². The molecule has 1 aliphatic rings. The Morgan fingerprint density at radius 2 is 1.60 bits per heavy atom. The molecule has 0 aromatic rings. The predicted octanol–water partition coefficient (Wildman–Crippen LogP) is -0.740. The van der Waals surface area contributed by atoms with Crippen LogP contribution in [-0.2, 0) is 9.59 Å². The van der Waals surface area contributed by atoms with Gasteiger partial charge >= 0.3 is 0 Å². The highest BCUT2D eigenvalue weighted by molar-refractivity contribution is 7.13. The minimum absolute atomic E-state index is 0.148. The van der Waals surface area contributed by atoms with Gasteiger partial charge in [-0.1, -0.05) is 9.39 Å². The number of hydroxylamine groups is 2. The van der Waals surface area contributed by atoms with E-state index in [4.69, 9.17) is 5.21 Å². The van der Waals surface area contributed by atoms with E-state index in [1.54, 1.807) is 0 Å². The second-order valence-electron chi connectivity index (χ2n) is 1.60. The number of hydrogen-bond acceptors (Lipinski definition) is 4. The molecule has 2 amide bonds. The number of nitrogens with zero attached hydrogens (tertiary/aromatic N) is 1. The Morgan fingerprint density at radius 3 is 1.70 bits per heavy atom. The van der Waals surface area contributed by atoms with Gasteiger partial charge in [0.05, 0.1) is 0 Å². The molecular formula is C4H9N2O3P. The third-order valence-electron chi connectivity index (χ3n) is 1.03. The Labute approximate surface area is 60.4 Å². The van der Waals surface area contributed by atoms with Crippen molar-refractivity contribution in [2.24, 2.45) is 5.50 Å². The van der Waals surface area contributed by atoms with E-state index in [-0.39, 0.29) is 17.9 Å². The molecule has 0 spiro atoms. The predicted molar refractivity (Wildman–Crippen MR) is 36.8 cm³/mol. The average molecular weight is 164 g/mol. The van der Waals surface area contributed by atoms with Crippen molar-refractivity contribution in [1.82, 2.24) is 5.06 Å². The van der Waals surface area contributed by atoms with Crippen LogP contribution in [0.15, 0.2) is 0 Å². The van der Waals surface area contributed by atoms with E-state index < -0.39 is 11.8 Å². The molecule has 0 saturated carbocycles. The first kappa shape index (κ1) is 9.49. The van der Waals surface area contributed by atoms with E-state index >= 15 is 0 Å². The van der Waals surface area contributed by atoms with Crippen molar-refractivity contribution < 1.29 is 14.8 Å². The Balaban J connectivity index is 0.000000371. The largest absolute Gasteiger partial charge is 0.314 e. The maximum Gasteiger partial charge on any atom is 0.253 e. The molecular weight excluding hydrogens is 155 g/mol. The number of amides is 2. The van der Waals surface area contributed by atoms with Crippen molar-refractivity contribution in [3.63, 3.8) is 0 Å². The highest BCUT2D eigenvalue weighted by Crippen LogP contribution is 2.06. The molecule has 0 aromatic heterocycles. The second-order valence-corrected chi connectivity index (χ2v) is 1.60. The van der Waals surface area contributed by atoms with Crippen LogP contribution in [-0.4, -0.2) is 22.1 Å². The molecule has 1 atom stereocenters. The second kappa shape index (κ2) is 4.33. The molecule has 0 radical (unpaired) electrons. The van der Waals surface area contributed by atoms with Gasteiger partial charge in [0.1, 0.15) is 0 Å². The lowest BCUT2D eigenvalue weighted by molar-refractivity contribution is -0.171. The lowest BCUT2D eigenvalue weighted by atomic mass is 10.4. The number of nitrogens with two attached hydrogens (primary N) is 1. The fourth-order valence-electron chi connectivity index (χ4n) is 0.565. The monoisotopic (exact) mass is 164 g/mol. The minimum Gasteiger partial charge on any atom is -0.314 e. The summed E-state index contributed by atoms with van der Waals surface area (Å²) in [5.41, 5.74) is 4.42. The normalized spacial score (nSPS) is 16.9. The molecule has 1 fully saturated rings. The van der Waals surface area contributed by atoms with Crippen LogP contribution >= 0.6 is 9.39 Å². The molecule has 1 unspecified atom stereocenters. The summed E-state index contributed by atoms with van der Waals surface area (Å²) in [4.78, 5) is 20.5. The molecule has 0 aromatic carbocycles. The first-order chi connectivity index (χ1) is 4.72. The van der Waals surface area contributed by atoms with Gasteiger partial charge in [-0.15, -0.1) is 0 Å². The van der Waals surface area contributed by atoms with Gasteiger partial charge in [-0.05, 0) is 0 Å². The van der Waals surface area contributed by atoms with Crippen LogP contribution in [0.1, 0.15) is 12.8 Å². The van der Waals surface area contributed by atoms with Gasteiger partial charge in [0.25, 0.3) is 11.8 Å². The maximum atomic E-state index is 10.2. The molecule has 1 saturated heterocycles. The van der Waals surface area contributed by atoms with E-state index in [0.717, 1.165) is 0 Å². The quantitative estimate of drug-likeness (QED) is 0.280. The molecule has 3 N–H and O–H groups in total. The van der Waals surface area contributed by atoms with Gasteiger partial charge in [-0.3, -0.25) is 14.8 Å². The van der Waals surface area contributed by atoms with Crippen molar-refractivity contribution in [1.29, 1.82) is 0 Å². The van der Waals surface area contributed by atoms with Crippen LogP contribution in [0.25, 0.3) is 0 Å². The summed E-state index contributed by atoms with van der Waals surface area (Å²) in [6.07, 6.45) is 0.296. The topological polar surface area (TPSA) is 83.6 Å². The zero-order valence-corrected chi connectivity index (χ0v) is 6.43. The summed E-state index contributed by atoms with van der Waals surface area (Å²) in [6.45, 7) is 0. The highest BCUT2D eigenvalue weighted by Gasteiger charge is 2.26. The van der Waals surface area contributed by atoms with Gasteiger partial charge in [0, 0.05) is 12.8 Å². The van der Waals surface area contributed by atoms with Crippen LogP contribution in [0.3, 0.4) is 0 Å². The van der Waals surface area contributed by atoms with Gasteiger partial charge in [0.15, 0.2) is 0 Å². The molecule has 1 rings (SSSR count). The molecule has 0 bridgehead atoms. The number of carbonyl (C=O) groups is 2. The van der Waals surface area contributed by atoms with Gasteiger partial charge in [-0.2, -0.15) is 5.06 Å². The molecule has 0 aliphatic carbocycles. The first-order valence-electron chi connectivity index (χ1n) is 2.60. The standard InChI is InChI=1S/C4H5NO3.H4NP/c6-3-1-2-4(7)5(3)8;1-2/h8H,1-2H2;1-2H2. The maximum absolute atomic E-state index is 10.2. The Morgan fingerprint density at radius 1 is 1.30 bits per heavy atom.